The van der Waals surface area contributed by atoms with Crippen LogP contribution in [-0.2, 0) is 6.18 Å². The van der Waals surface area contributed by atoms with Crippen molar-refractivity contribution in [3.05, 3.63) is 27.7 Å². The molecule has 0 radical (unpaired) electrons. The molecular formula is C12H13BrF3NO. The summed E-state index contributed by atoms with van der Waals surface area (Å²) in [6, 6.07) is 2.33. The van der Waals surface area contributed by atoms with Crippen molar-refractivity contribution in [3.63, 3.8) is 0 Å². The van der Waals surface area contributed by atoms with Crippen molar-refractivity contribution in [2.24, 2.45) is 0 Å². The van der Waals surface area contributed by atoms with Crippen LogP contribution in [0.3, 0.4) is 0 Å². The minimum atomic E-state index is -4.37. The van der Waals surface area contributed by atoms with Crippen LogP contribution in [0, 0.1) is 0 Å². The molecule has 2 rings (SSSR count). The first kappa shape index (κ1) is 13.7. The van der Waals surface area contributed by atoms with Crippen molar-refractivity contribution < 1.29 is 17.9 Å². The van der Waals surface area contributed by atoms with E-state index in [-0.39, 0.29) is 17.4 Å². The smallest absolute Gasteiger partial charge is 0.416 e. The van der Waals surface area contributed by atoms with Crippen molar-refractivity contribution in [2.45, 2.75) is 25.1 Å². The molecule has 0 bridgehead atoms. The van der Waals surface area contributed by atoms with Gasteiger partial charge in [0.05, 0.1) is 17.1 Å². The van der Waals surface area contributed by atoms with E-state index >= 15 is 0 Å². The Morgan fingerprint density at radius 2 is 2.11 bits per heavy atom. The number of rotatable bonds is 2. The van der Waals surface area contributed by atoms with Crippen molar-refractivity contribution >= 4 is 15.9 Å². The van der Waals surface area contributed by atoms with Gasteiger partial charge in [-0.15, -0.1) is 0 Å². The Bertz CT molecular complexity index is 442. The number of benzene rings is 1. The van der Waals surface area contributed by atoms with Gasteiger partial charge in [0.25, 0.3) is 0 Å². The third-order valence-electron chi connectivity index (χ3n) is 3.07. The monoisotopic (exact) mass is 323 g/mol. The van der Waals surface area contributed by atoms with E-state index in [1.165, 1.54) is 13.2 Å². The van der Waals surface area contributed by atoms with E-state index in [4.69, 9.17) is 4.74 Å². The zero-order valence-electron chi connectivity index (χ0n) is 9.77. The largest absolute Gasteiger partial charge is 0.496 e. The minimum absolute atomic E-state index is 0.198. The topological polar surface area (TPSA) is 21.3 Å². The molecule has 0 aromatic heterocycles. The van der Waals surface area contributed by atoms with Gasteiger partial charge in [0, 0.05) is 6.04 Å². The van der Waals surface area contributed by atoms with E-state index < -0.39 is 11.7 Å². The zero-order valence-corrected chi connectivity index (χ0v) is 11.4. The Morgan fingerprint density at radius 3 is 2.61 bits per heavy atom. The molecule has 1 fully saturated rings. The number of halogens is 4. The molecule has 1 aromatic rings. The molecule has 1 aliphatic rings. The summed E-state index contributed by atoms with van der Waals surface area (Å²) in [7, 11) is 1.35. The number of alkyl halides is 3. The van der Waals surface area contributed by atoms with Crippen LogP contribution in [0.4, 0.5) is 13.2 Å². The standard InChI is InChI=1S/C12H13BrF3NO/c1-18-11-6-8(12(14,15)16)7(5-9(11)13)10-3-2-4-17-10/h5-6,10,17H,2-4H2,1H3. The number of hydrogen-bond acceptors (Lipinski definition) is 2. The Kier molecular flexibility index (Phi) is 3.87. The Balaban J connectivity index is 2.52. The van der Waals surface area contributed by atoms with Crippen molar-refractivity contribution in [2.75, 3.05) is 13.7 Å². The Labute approximate surface area is 112 Å². The van der Waals surface area contributed by atoms with Gasteiger partial charge in [-0.1, -0.05) is 0 Å². The molecule has 1 atom stereocenters. The highest BCUT2D eigenvalue weighted by atomic mass is 79.9. The lowest BCUT2D eigenvalue weighted by molar-refractivity contribution is -0.138. The highest BCUT2D eigenvalue weighted by Crippen LogP contribution is 2.41. The molecule has 1 aliphatic heterocycles. The van der Waals surface area contributed by atoms with Crippen molar-refractivity contribution in [1.29, 1.82) is 0 Å². The molecule has 0 spiro atoms. The Morgan fingerprint density at radius 1 is 1.39 bits per heavy atom. The third kappa shape index (κ3) is 2.64. The second-order valence-electron chi connectivity index (χ2n) is 4.22. The van der Waals surface area contributed by atoms with Gasteiger partial charge >= 0.3 is 6.18 Å². The summed E-state index contributed by atoms with van der Waals surface area (Å²) in [5.41, 5.74) is -0.338. The second-order valence-corrected chi connectivity index (χ2v) is 5.08. The van der Waals surface area contributed by atoms with E-state index in [1.807, 2.05) is 0 Å². The molecule has 1 unspecified atom stereocenters. The average Bonchev–Trinajstić information content (AvgIpc) is 2.80. The first-order valence-corrected chi connectivity index (χ1v) is 6.41. The lowest BCUT2D eigenvalue weighted by atomic mass is 9.98. The van der Waals surface area contributed by atoms with Crippen LogP contribution < -0.4 is 10.1 Å². The van der Waals surface area contributed by atoms with Crippen LogP contribution >= 0.6 is 15.9 Å². The fourth-order valence-corrected chi connectivity index (χ4v) is 2.73. The maximum atomic E-state index is 13.1. The number of nitrogens with one attached hydrogen (secondary N) is 1. The molecule has 1 aromatic carbocycles. The second kappa shape index (κ2) is 5.09. The molecule has 6 heteroatoms. The zero-order chi connectivity index (χ0) is 13.3. The normalized spacial score (nSPS) is 20.2. The predicted molar refractivity (Wildman–Crippen MR) is 65.7 cm³/mol. The lowest BCUT2D eigenvalue weighted by Gasteiger charge is -2.19. The molecule has 0 saturated carbocycles. The minimum Gasteiger partial charge on any atom is -0.496 e. The summed E-state index contributed by atoms with van der Waals surface area (Å²) >= 11 is 3.24. The van der Waals surface area contributed by atoms with E-state index in [9.17, 15) is 13.2 Å². The lowest BCUT2D eigenvalue weighted by Crippen LogP contribution is -2.18. The molecule has 18 heavy (non-hydrogen) atoms. The quantitative estimate of drug-likeness (QED) is 0.891. The summed E-state index contributed by atoms with van der Waals surface area (Å²) in [4.78, 5) is 0. The highest BCUT2D eigenvalue weighted by Gasteiger charge is 2.37. The average molecular weight is 324 g/mol. The van der Waals surface area contributed by atoms with Gasteiger partial charge in [0.1, 0.15) is 5.75 Å². The van der Waals surface area contributed by atoms with Gasteiger partial charge < -0.3 is 10.1 Å². The van der Waals surface area contributed by atoms with Crippen LogP contribution in [0.25, 0.3) is 0 Å². The van der Waals surface area contributed by atoms with Crippen LogP contribution in [0.1, 0.15) is 30.0 Å². The van der Waals surface area contributed by atoms with Crippen molar-refractivity contribution in [1.82, 2.24) is 5.32 Å². The van der Waals surface area contributed by atoms with Crippen LogP contribution in [0.15, 0.2) is 16.6 Å². The highest BCUT2D eigenvalue weighted by molar-refractivity contribution is 9.10. The summed E-state index contributed by atoms with van der Waals surface area (Å²) in [6.45, 7) is 0.756. The molecular weight excluding hydrogens is 311 g/mol. The summed E-state index contributed by atoms with van der Waals surface area (Å²) < 4.78 is 44.6. The predicted octanol–water partition coefficient (Wildman–Crippen LogP) is 3.90. The summed E-state index contributed by atoms with van der Waals surface area (Å²) in [6.07, 6.45) is -2.75. The molecule has 0 aliphatic carbocycles. The van der Waals surface area contributed by atoms with Crippen LogP contribution in [-0.4, -0.2) is 13.7 Å². The number of hydrogen-bond donors (Lipinski definition) is 1. The molecule has 1 heterocycles. The van der Waals surface area contributed by atoms with E-state index in [1.54, 1.807) is 0 Å². The fourth-order valence-electron chi connectivity index (χ4n) is 2.21. The number of methoxy groups -OCH3 is 1. The van der Waals surface area contributed by atoms with Crippen LogP contribution in [0.2, 0.25) is 0 Å². The van der Waals surface area contributed by atoms with Gasteiger partial charge in [-0.05, 0) is 53.0 Å². The summed E-state index contributed by atoms with van der Waals surface area (Å²) in [5, 5.41) is 3.09. The first-order chi connectivity index (χ1) is 8.43. The van der Waals surface area contributed by atoms with E-state index in [0.717, 1.165) is 25.5 Å². The van der Waals surface area contributed by atoms with E-state index in [0.29, 0.717) is 4.47 Å². The van der Waals surface area contributed by atoms with E-state index in [2.05, 4.69) is 21.2 Å². The molecule has 1 N–H and O–H groups in total. The first-order valence-electron chi connectivity index (χ1n) is 5.61. The molecule has 100 valence electrons. The fraction of sp³-hybridized carbons (Fsp3) is 0.500. The van der Waals surface area contributed by atoms with Gasteiger partial charge in [0.2, 0.25) is 0 Å². The molecule has 1 saturated heterocycles. The maximum Gasteiger partial charge on any atom is 0.416 e. The van der Waals surface area contributed by atoms with Gasteiger partial charge in [-0.3, -0.25) is 0 Å². The maximum absolute atomic E-state index is 13.1. The van der Waals surface area contributed by atoms with Gasteiger partial charge in [0.15, 0.2) is 0 Å². The Hall–Kier alpha value is -0.750. The van der Waals surface area contributed by atoms with Gasteiger partial charge in [-0.2, -0.15) is 13.2 Å². The summed E-state index contributed by atoms with van der Waals surface area (Å²) in [5.74, 6) is 0.198. The van der Waals surface area contributed by atoms with Gasteiger partial charge in [-0.25, -0.2) is 0 Å². The molecule has 0 amide bonds. The third-order valence-corrected chi connectivity index (χ3v) is 3.68. The SMILES string of the molecule is COc1cc(C(F)(F)F)c(C2CCCN2)cc1Br. The van der Waals surface area contributed by atoms with Crippen molar-refractivity contribution in [3.8, 4) is 5.75 Å². The number of ether oxygens (including phenoxy) is 1. The van der Waals surface area contributed by atoms with Crippen LogP contribution in [0.5, 0.6) is 5.75 Å². The molecule has 2 nitrogen and oxygen atoms in total.